The van der Waals surface area contributed by atoms with Gasteiger partial charge in [0.25, 0.3) is 5.91 Å². The number of anilines is 1. The number of carbonyl (C=O) groups is 2. The molecule has 0 fully saturated rings. The number of rotatable bonds is 6. The van der Waals surface area contributed by atoms with Gasteiger partial charge in [-0.25, -0.2) is 8.42 Å². The second kappa shape index (κ2) is 10.5. The van der Waals surface area contributed by atoms with Crippen molar-refractivity contribution in [3.8, 4) is 17.6 Å². The molecular weight excluding hydrogens is 508 g/mol. The number of hydrogen-bond acceptors (Lipinski definition) is 6. The number of amides is 1. The summed E-state index contributed by atoms with van der Waals surface area (Å²) in [4.78, 5) is 26.7. The molecule has 0 radical (unpaired) electrons. The highest BCUT2D eigenvalue weighted by Gasteiger charge is 2.42. The van der Waals surface area contributed by atoms with Gasteiger partial charge in [0.2, 0.25) is 10.0 Å². The van der Waals surface area contributed by atoms with Gasteiger partial charge in [-0.3, -0.25) is 9.59 Å². The second-order valence-electron chi connectivity index (χ2n) is 7.74. The highest BCUT2D eigenvalue weighted by molar-refractivity contribution is 7.89. The van der Waals surface area contributed by atoms with Crippen LogP contribution in [0.1, 0.15) is 23.0 Å². The quantitative estimate of drug-likeness (QED) is 0.485. The Morgan fingerprint density at radius 1 is 1.14 bits per heavy atom. The number of fused-ring (bicyclic) bond motifs is 1. The molecule has 1 aliphatic rings. The van der Waals surface area contributed by atoms with Crippen molar-refractivity contribution in [2.45, 2.75) is 24.4 Å². The van der Waals surface area contributed by atoms with E-state index in [9.17, 15) is 23.1 Å². The third kappa shape index (κ3) is 5.09. The van der Waals surface area contributed by atoms with Gasteiger partial charge in [0.05, 0.1) is 11.4 Å². The number of benzene rings is 2. The van der Waals surface area contributed by atoms with Crippen LogP contribution in [0.5, 0.6) is 5.75 Å². The predicted octanol–water partition coefficient (Wildman–Crippen LogP) is 3.64. The lowest BCUT2D eigenvalue weighted by atomic mass is 10.1. The molecule has 1 N–H and O–H groups in total. The minimum Gasteiger partial charge on any atom is -0.481 e. The van der Waals surface area contributed by atoms with Crippen LogP contribution in [0.4, 0.5) is 5.69 Å². The van der Waals surface area contributed by atoms with Crippen molar-refractivity contribution in [3.63, 3.8) is 0 Å². The van der Waals surface area contributed by atoms with Gasteiger partial charge in [-0.2, -0.15) is 4.31 Å². The lowest BCUT2D eigenvalue weighted by Gasteiger charge is -2.28. The first kappa shape index (κ1) is 25.3. The lowest BCUT2D eigenvalue weighted by Crippen LogP contribution is -2.50. The van der Waals surface area contributed by atoms with E-state index in [1.807, 2.05) is 0 Å². The number of carboxylic acids is 1. The minimum absolute atomic E-state index is 0.00499. The Labute approximate surface area is 212 Å². The van der Waals surface area contributed by atoms with Crippen LogP contribution >= 0.6 is 11.6 Å². The molecule has 0 aliphatic carbocycles. The van der Waals surface area contributed by atoms with Crippen LogP contribution in [0.3, 0.4) is 0 Å². The summed E-state index contributed by atoms with van der Waals surface area (Å²) in [6.07, 6.45) is 0. The standard InChI is InChI=1S/C25H21ClN2O7S/c1-2-3-14-34-18-8-10-19(11-9-18)36(32,33)28-15-17-6-4-5-7-20(17)27(16-21(28)25(30)31)24(29)22-12-13-23(26)35-22/h4-13,21H,14-16H2,1H3,(H,30,31). The van der Waals surface area contributed by atoms with E-state index in [1.165, 1.54) is 41.3 Å². The molecule has 2 heterocycles. The predicted molar refractivity (Wildman–Crippen MR) is 131 cm³/mol. The maximum Gasteiger partial charge on any atom is 0.323 e. The Balaban J connectivity index is 1.73. The van der Waals surface area contributed by atoms with Crippen molar-refractivity contribution in [2.24, 2.45) is 0 Å². The van der Waals surface area contributed by atoms with E-state index in [2.05, 4.69) is 11.8 Å². The van der Waals surface area contributed by atoms with E-state index in [-0.39, 0.29) is 29.0 Å². The molecule has 0 spiro atoms. The molecule has 1 amide bonds. The van der Waals surface area contributed by atoms with E-state index >= 15 is 0 Å². The zero-order valence-electron chi connectivity index (χ0n) is 19.0. The molecule has 11 heteroatoms. The number of sulfonamides is 1. The first-order valence-electron chi connectivity index (χ1n) is 10.7. The van der Waals surface area contributed by atoms with Crippen LogP contribution in [0.2, 0.25) is 5.22 Å². The fraction of sp³-hybridized carbons (Fsp3) is 0.200. The molecule has 0 bridgehead atoms. The Hall–Kier alpha value is -3.78. The molecule has 1 aliphatic heterocycles. The van der Waals surface area contributed by atoms with Crippen molar-refractivity contribution in [1.82, 2.24) is 4.31 Å². The molecule has 186 valence electrons. The number of ether oxygens (including phenoxy) is 1. The van der Waals surface area contributed by atoms with Crippen LogP contribution in [-0.4, -0.2) is 48.9 Å². The summed E-state index contributed by atoms with van der Waals surface area (Å²) < 4.78 is 38.8. The van der Waals surface area contributed by atoms with Crippen molar-refractivity contribution in [3.05, 3.63) is 77.2 Å². The molecule has 3 aromatic rings. The zero-order chi connectivity index (χ0) is 25.9. The van der Waals surface area contributed by atoms with Crippen molar-refractivity contribution >= 4 is 39.2 Å². The number of carboxylic acid groups (broad SMARTS) is 1. The first-order valence-corrected chi connectivity index (χ1v) is 12.6. The zero-order valence-corrected chi connectivity index (χ0v) is 20.6. The average Bonchev–Trinajstić information content (AvgIpc) is 3.21. The molecule has 36 heavy (non-hydrogen) atoms. The number of para-hydroxylation sites is 1. The van der Waals surface area contributed by atoms with Crippen molar-refractivity contribution in [2.75, 3.05) is 18.1 Å². The summed E-state index contributed by atoms with van der Waals surface area (Å²) in [6.45, 7) is 1.12. The molecule has 1 atom stereocenters. The highest BCUT2D eigenvalue weighted by atomic mass is 35.5. The summed E-state index contributed by atoms with van der Waals surface area (Å²) in [5.41, 5.74) is 0.827. The molecule has 4 rings (SSSR count). The highest BCUT2D eigenvalue weighted by Crippen LogP contribution is 2.33. The third-order valence-corrected chi connectivity index (χ3v) is 7.62. The van der Waals surface area contributed by atoms with Gasteiger partial charge in [0.1, 0.15) is 18.4 Å². The number of furan rings is 1. The summed E-state index contributed by atoms with van der Waals surface area (Å²) >= 11 is 5.82. The average molecular weight is 529 g/mol. The van der Waals surface area contributed by atoms with Gasteiger partial charge < -0.3 is 19.2 Å². The fourth-order valence-electron chi connectivity index (χ4n) is 3.79. The van der Waals surface area contributed by atoms with Crippen molar-refractivity contribution in [1.29, 1.82) is 0 Å². The van der Waals surface area contributed by atoms with Crippen LogP contribution in [0.25, 0.3) is 0 Å². The molecule has 0 saturated heterocycles. The van der Waals surface area contributed by atoms with Gasteiger partial charge in [-0.1, -0.05) is 24.1 Å². The molecule has 0 saturated carbocycles. The van der Waals surface area contributed by atoms with Gasteiger partial charge in [0, 0.05) is 12.2 Å². The maximum absolute atomic E-state index is 13.6. The van der Waals surface area contributed by atoms with Gasteiger partial charge >= 0.3 is 5.97 Å². The number of halogens is 1. The fourth-order valence-corrected chi connectivity index (χ4v) is 5.49. The Morgan fingerprint density at radius 2 is 1.86 bits per heavy atom. The van der Waals surface area contributed by atoms with Crippen LogP contribution < -0.4 is 9.64 Å². The van der Waals surface area contributed by atoms with E-state index in [0.717, 1.165) is 4.31 Å². The van der Waals surface area contributed by atoms with Gasteiger partial charge in [-0.15, -0.1) is 5.92 Å². The molecule has 1 unspecified atom stereocenters. The maximum atomic E-state index is 13.6. The van der Waals surface area contributed by atoms with Gasteiger partial charge in [0.15, 0.2) is 11.0 Å². The summed E-state index contributed by atoms with van der Waals surface area (Å²) in [5, 5.41) is 10.0. The van der Waals surface area contributed by atoms with E-state index in [1.54, 1.807) is 31.2 Å². The summed E-state index contributed by atoms with van der Waals surface area (Å²) in [6, 6.07) is 13.4. The lowest BCUT2D eigenvalue weighted by molar-refractivity contribution is -0.141. The summed E-state index contributed by atoms with van der Waals surface area (Å²) in [7, 11) is -4.29. The normalized spacial score (nSPS) is 15.8. The van der Waals surface area contributed by atoms with Gasteiger partial charge in [-0.05, 0) is 66.6 Å². The van der Waals surface area contributed by atoms with Crippen LogP contribution in [0, 0.1) is 11.8 Å². The minimum atomic E-state index is -4.29. The Kier molecular flexibility index (Phi) is 7.35. The monoisotopic (exact) mass is 528 g/mol. The first-order chi connectivity index (χ1) is 17.2. The molecular formula is C25H21ClN2O7S. The summed E-state index contributed by atoms with van der Waals surface area (Å²) in [5.74, 6) is 3.71. The molecule has 2 aromatic carbocycles. The number of nitrogens with zero attached hydrogens (tertiary/aromatic N) is 2. The molecule has 1 aromatic heterocycles. The van der Waals surface area contributed by atoms with Crippen LogP contribution in [-0.2, 0) is 21.4 Å². The van der Waals surface area contributed by atoms with Crippen molar-refractivity contribution < 1.29 is 32.3 Å². The number of hydrogen-bond donors (Lipinski definition) is 1. The Bertz CT molecular complexity index is 1460. The smallest absolute Gasteiger partial charge is 0.323 e. The van der Waals surface area contributed by atoms with E-state index in [0.29, 0.717) is 17.0 Å². The second-order valence-corrected chi connectivity index (χ2v) is 10.0. The van der Waals surface area contributed by atoms with Crippen LogP contribution in [0.15, 0.2) is 70.0 Å². The third-order valence-electron chi connectivity index (χ3n) is 5.54. The van der Waals surface area contributed by atoms with E-state index in [4.69, 9.17) is 20.8 Å². The SMILES string of the molecule is CC#CCOc1ccc(S(=O)(=O)N2Cc3ccccc3N(C(=O)c3ccc(Cl)o3)CC2C(=O)O)cc1. The molecule has 9 nitrogen and oxygen atoms in total. The number of carbonyl (C=O) groups excluding carboxylic acids is 1. The number of aliphatic carboxylic acids is 1. The largest absolute Gasteiger partial charge is 0.481 e. The topological polar surface area (TPSA) is 117 Å². The Morgan fingerprint density at radius 3 is 2.50 bits per heavy atom. The van der Waals surface area contributed by atoms with E-state index < -0.39 is 34.5 Å².